The van der Waals surface area contributed by atoms with Crippen molar-refractivity contribution in [3.05, 3.63) is 70.9 Å². The van der Waals surface area contributed by atoms with E-state index < -0.39 is 39.5 Å². The number of amides is 2. The van der Waals surface area contributed by atoms with Crippen LogP contribution < -0.4 is 10.6 Å². The molecule has 3 saturated heterocycles. The van der Waals surface area contributed by atoms with Gasteiger partial charge in [0.25, 0.3) is 0 Å². The molecule has 0 radical (unpaired) electrons. The zero-order valence-corrected chi connectivity index (χ0v) is 26.8. The van der Waals surface area contributed by atoms with Gasteiger partial charge in [0, 0.05) is 36.6 Å². The van der Waals surface area contributed by atoms with Gasteiger partial charge in [-0.1, -0.05) is 47.7 Å². The first-order valence-corrected chi connectivity index (χ1v) is 16.2. The monoisotopic (exact) mass is 748 g/mol. The summed E-state index contributed by atoms with van der Waals surface area (Å²) in [5, 5.41) is 6.86. The highest BCUT2D eigenvalue weighted by molar-refractivity contribution is 14.1. The number of benzene rings is 2. The third-order valence-corrected chi connectivity index (χ3v) is 10.5. The summed E-state index contributed by atoms with van der Waals surface area (Å²) in [7, 11) is 0. The first-order chi connectivity index (χ1) is 21.1. The van der Waals surface area contributed by atoms with E-state index in [0.717, 1.165) is 61.0 Å². The fourth-order valence-electron chi connectivity index (χ4n) is 6.42. The second kappa shape index (κ2) is 13.1. The van der Waals surface area contributed by atoms with Crippen molar-refractivity contribution in [1.82, 2.24) is 20.5 Å². The molecule has 2 aromatic carbocycles. The molecular formula is C32H35F6IN4O2. The number of rotatable bonds is 10. The van der Waals surface area contributed by atoms with Crippen LogP contribution in [0.15, 0.2) is 48.7 Å². The zero-order chi connectivity index (χ0) is 32.6. The maximum absolute atomic E-state index is 13.6. The highest BCUT2D eigenvalue weighted by atomic mass is 127. The van der Waals surface area contributed by atoms with Crippen molar-refractivity contribution >= 4 is 45.3 Å². The number of ketones is 1. The molecule has 2 bridgehead atoms. The number of aromatic nitrogens is 1. The molecule has 6 rings (SSSR count). The minimum atomic E-state index is -4.92. The topological polar surface area (TPSA) is 77.2 Å². The van der Waals surface area contributed by atoms with Crippen molar-refractivity contribution in [2.75, 3.05) is 13.1 Å². The largest absolute Gasteiger partial charge is 0.416 e. The van der Waals surface area contributed by atoms with Gasteiger partial charge in [-0.3, -0.25) is 9.69 Å². The van der Waals surface area contributed by atoms with Crippen LogP contribution in [0, 0.1) is 5.41 Å². The lowest BCUT2D eigenvalue weighted by atomic mass is 9.72. The number of nitrogens with one attached hydrogen (secondary N) is 3. The van der Waals surface area contributed by atoms with E-state index in [9.17, 15) is 35.9 Å². The molecule has 2 amide bonds. The normalized spacial score (nSPS) is 23.1. The van der Waals surface area contributed by atoms with Crippen molar-refractivity contribution in [3.63, 3.8) is 0 Å². The maximum atomic E-state index is 13.6. The quantitative estimate of drug-likeness (QED) is 0.0848. The number of carbonyl (C=O) groups is 2. The molecule has 244 valence electrons. The summed E-state index contributed by atoms with van der Waals surface area (Å²) in [6.07, 6.45) is -4.87. The van der Waals surface area contributed by atoms with Crippen molar-refractivity contribution in [1.29, 1.82) is 0 Å². The van der Waals surface area contributed by atoms with Crippen molar-refractivity contribution in [2.45, 2.75) is 80.4 Å². The number of aromatic amines is 1. The standard InChI is InChI=1S/C32H35F6IN4O2/c1-30-10-12-43(13-11-30)26(17-30)41-29(45)42-28(27(39)23-18-40-24-8-4-3-7-22(23)24)25(44)9-5-2-6-19-14-20(31(33,34)35)16-21(15-19)32(36,37)38/h3-4,7-8,14-16,18,26-28,40H,2,5-6,9-13,17H2,1H3,(H2,41,42,45). The van der Waals surface area contributed by atoms with Crippen LogP contribution in [0.3, 0.4) is 0 Å². The van der Waals surface area contributed by atoms with Gasteiger partial charge in [0.15, 0.2) is 5.78 Å². The first kappa shape index (κ1) is 33.6. The summed E-state index contributed by atoms with van der Waals surface area (Å²) in [5.74, 6) is -0.271. The van der Waals surface area contributed by atoms with Crippen LogP contribution in [0.1, 0.15) is 71.6 Å². The summed E-state index contributed by atoms with van der Waals surface area (Å²) < 4.78 is 79.1. The highest BCUT2D eigenvalue weighted by Gasteiger charge is 2.42. The van der Waals surface area contributed by atoms with E-state index in [1.807, 2.05) is 24.3 Å². The van der Waals surface area contributed by atoms with Gasteiger partial charge >= 0.3 is 18.4 Å². The Morgan fingerprint density at radius 3 is 2.29 bits per heavy atom. The molecule has 3 aliphatic rings. The Balaban J connectivity index is 1.27. The highest BCUT2D eigenvalue weighted by Crippen LogP contribution is 2.42. The molecule has 3 N–H and O–H groups in total. The number of para-hydroxylation sites is 1. The molecule has 0 spiro atoms. The summed E-state index contributed by atoms with van der Waals surface area (Å²) in [5.41, 5.74) is -0.944. The molecule has 1 aromatic heterocycles. The second-order valence-corrected chi connectivity index (χ2v) is 13.8. The molecule has 0 aliphatic carbocycles. The number of piperidine rings is 3. The van der Waals surface area contributed by atoms with Crippen molar-refractivity contribution in [3.8, 4) is 0 Å². The molecule has 45 heavy (non-hydrogen) atoms. The number of Topliss-reactive ketones (excluding diaryl/α,β-unsaturated/α-hetero) is 1. The number of halogens is 7. The van der Waals surface area contributed by atoms with E-state index >= 15 is 0 Å². The maximum Gasteiger partial charge on any atom is 0.416 e. The van der Waals surface area contributed by atoms with Gasteiger partial charge in [0.2, 0.25) is 0 Å². The second-order valence-electron chi connectivity index (χ2n) is 12.4. The molecule has 3 atom stereocenters. The molecule has 4 heterocycles. The summed E-state index contributed by atoms with van der Waals surface area (Å²) in [4.78, 5) is 32.4. The lowest BCUT2D eigenvalue weighted by Gasteiger charge is -2.51. The predicted molar refractivity (Wildman–Crippen MR) is 167 cm³/mol. The Labute approximate surface area is 270 Å². The molecule has 3 unspecified atom stereocenters. The number of nitrogens with zero attached hydrogens (tertiary/aromatic N) is 1. The van der Waals surface area contributed by atoms with Gasteiger partial charge in [-0.25, -0.2) is 4.79 Å². The number of carbonyl (C=O) groups excluding carboxylic acids is 2. The van der Waals surface area contributed by atoms with Crippen LogP contribution in [0.2, 0.25) is 0 Å². The number of hydrogen-bond donors (Lipinski definition) is 3. The minimum absolute atomic E-state index is 0.00841. The Morgan fingerprint density at radius 1 is 1.02 bits per heavy atom. The Bertz CT molecular complexity index is 1500. The van der Waals surface area contributed by atoms with Crippen molar-refractivity contribution in [2.24, 2.45) is 5.41 Å². The van der Waals surface area contributed by atoms with Gasteiger partial charge < -0.3 is 15.6 Å². The smallest absolute Gasteiger partial charge is 0.361 e. The fraction of sp³-hybridized carbons (Fsp3) is 0.500. The molecule has 3 aromatic rings. The zero-order valence-electron chi connectivity index (χ0n) is 24.6. The van der Waals surface area contributed by atoms with Gasteiger partial charge in [-0.15, -0.1) is 0 Å². The van der Waals surface area contributed by atoms with Gasteiger partial charge in [0.1, 0.15) is 6.04 Å². The minimum Gasteiger partial charge on any atom is -0.361 e. The Hall–Kier alpha value is -2.81. The van der Waals surface area contributed by atoms with Gasteiger partial charge in [-0.05, 0) is 79.3 Å². The van der Waals surface area contributed by atoms with E-state index in [2.05, 4.69) is 50.0 Å². The molecule has 3 fully saturated rings. The summed E-state index contributed by atoms with van der Waals surface area (Å²) in [6.45, 7) is 4.01. The van der Waals surface area contributed by atoms with E-state index in [4.69, 9.17) is 0 Å². The average Bonchev–Trinajstić information content (AvgIpc) is 3.41. The van der Waals surface area contributed by atoms with Crippen LogP contribution >= 0.6 is 22.6 Å². The SMILES string of the molecule is CC12CCN(CC1)C(NC(=O)NC(C(=O)CCCCc1cc(C(F)(F)F)cc(C(F)(F)F)c1)C(I)c1c[nH]c3ccccc13)C2. The van der Waals surface area contributed by atoms with E-state index in [1.165, 1.54) is 0 Å². The molecule has 3 aliphatic heterocycles. The van der Waals surface area contributed by atoms with E-state index in [0.29, 0.717) is 0 Å². The van der Waals surface area contributed by atoms with Crippen molar-refractivity contribution < 1.29 is 35.9 Å². The lowest BCUT2D eigenvalue weighted by molar-refractivity contribution is -0.143. The number of fused-ring (bicyclic) bond motifs is 4. The first-order valence-electron chi connectivity index (χ1n) is 15.0. The predicted octanol–water partition coefficient (Wildman–Crippen LogP) is 8.16. The van der Waals surface area contributed by atoms with Crippen LogP contribution in [0.5, 0.6) is 0 Å². The Morgan fingerprint density at radius 2 is 1.67 bits per heavy atom. The number of urea groups is 1. The Kier molecular flexibility index (Phi) is 9.79. The molecule has 6 nitrogen and oxygen atoms in total. The third-order valence-electron chi connectivity index (χ3n) is 9.06. The summed E-state index contributed by atoms with van der Waals surface area (Å²) >= 11 is 2.14. The molecule has 0 saturated carbocycles. The number of unbranched alkanes of at least 4 members (excludes halogenated alkanes) is 1. The molecule has 13 heteroatoms. The van der Waals surface area contributed by atoms with Gasteiger partial charge in [0.05, 0.1) is 21.2 Å². The van der Waals surface area contributed by atoms with E-state index in [1.54, 1.807) is 6.20 Å². The van der Waals surface area contributed by atoms with Crippen LogP contribution in [0.25, 0.3) is 10.9 Å². The van der Waals surface area contributed by atoms with Crippen LogP contribution in [-0.4, -0.2) is 47.0 Å². The number of H-pyrrole nitrogens is 1. The fourth-order valence-corrected chi connectivity index (χ4v) is 7.51. The van der Waals surface area contributed by atoms with E-state index in [-0.39, 0.29) is 54.7 Å². The number of alkyl halides is 7. The summed E-state index contributed by atoms with van der Waals surface area (Å²) in [6, 6.07) is 7.77. The average molecular weight is 749 g/mol. The van der Waals surface area contributed by atoms with Crippen LogP contribution in [-0.2, 0) is 23.6 Å². The lowest BCUT2D eigenvalue weighted by Crippen LogP contribution is -2.62. The molecular weight excluding hydrogens is 713 g/mol. The number of aryl methyl sites for hydroxylation is 1. The van der Waals surface area contributed by atoms with Gasteiger partial charge in [-0.2, -0.15) is 26.3 Å². The van der Waals surface area contributed by atoms with Crippen LogP contribution in [0.4, 0.5) is 31.1 Å². The number of hydrogen-bond acceptors (Lipinski definition) is 3. The third kappa shape index (κ3) is 7.95.